The van der Waals surface area contributed by atoms with Gasteiger partial charge in [0.1, 0.15) is 5.60 Å². The minimum Gasteiger partial charge on any atom is -0.444 e. The van der Waals surface area contributed by atoms with Gasteiger partial charge < -0.3 is 15.0 Å². The molecule has 1 atom stereocenters. The highest BCUT2D eigenvalue weighted by atomic mass is 32.1. The van der Waals surface area contributed by atoms with E-state index in [0.29, 0.717) is 6.54 Å². The maximum atomic E-state index is 12.1. The molecule has 2 aromatic rings. The molecule has 0 aliphatic carbocycles. The number of ether oxygens (including phenoxy) is 1. The van der Waals surface area contributed by atoms with Gasteiger partial charge in [-0.25, -0.2) is 9.78 Å². The molecule has 1 saturated heterocycles. The maximum Gasteiger partial charge on any atom is 0.410 e. The zero-order valence-electron chi connectivity index (χ0n) is 13.1. The Morgan fingerprint density at radius 1 is 1.41 bits per heavy atom. The summed E-state index contributed by atoms with van der Waals surface area (Å²) in [4.78, 5) is 18.4. The summed E-state index contributed by atoms with van der Waals surface area (Å²) in [5.41, 5.74) is 0.562. The quantitative estimate of drug-likeness (QED) is 0.916. The lowest BCUT2D eigenvalue weighted by Gasteiger charge is -2.24. The van der Waals surface area contributed by atoms with E-state index >= 15 is 0 Å². The van der Waals surface area contributed by atoms with Crippen LogP contribution in [0.4, 0.5) is 9.93 Å². The summed E-state index contributed by atoms with van der Waals surface area (Å²) in [7, 11) is 0. The van der Waals surface area contributed by atoms with Crippen LogP contribution in [0.25, 0.3) is 10.2 Å². The number of para-hydroxylation sites is 1. The van der Waals surface area contributed by atoms with Crippen molar-refractivity contribution in [1.29, 1.82) is 0 Å². The Balaban J connectivity index is 1.60. The van der Waals surface area contributed by atoms with Crippen LogP contribution in [0.15, 0.2) is 24.3 Å². The molecule has 3 rings (SSSR count). The predicted molar refractivity (Wildman–Crippen MR) is 89.5 cm³/mol. The largest absolute Gasteiger partial charge is 0.444 e. The molecule has 6 heteroatoms. The minimum absolute atomic E-state index is 0.230. The molecule has 0 bridgehead atoms. The standard InChI is InChI=1S/C16H21N3O2S/c1-16(2,3)21-15(20)19-9-8-11(10-19)17-14-18-12-6-4-5-7-13(12)22-14/h4-7,11H,8-10H2,1-3H3,(H,17,18)/t11-/m0/s1. The van der Waals surface area contributed by atoms with Gasteiger partial charge in [-0.1, -0.05) is 23.5 Å². The lowest BCUT2D eigenvalue weighted by atomic mass is 10.2. The van der Waals surface area contributed by atoms with Gasteiger partial charge in [0, 0.05) is 19.1 Å². The van der Waals surface area contributed by atoms with Gasteiger partial charge in [0.2, 0.25) is 0 Å². The van der Waals surface area contributed by atoms with Gasteiger partial charge >= 0.3 is 6.09 Å². The molecular weight excluding hydrogens is 298 g/mol. The highest BCUT2D eigenvalue weighted by Crippen LogP contribution is 2.27. The molecule has 1 aromatic heterocycles. The van der Waals surface area contributed by atoms with E-state index in [2.05, 4.69) is 16.4 Å². The van der Waals surface area contributed by atoms with Gasteiger partial charge in [0.15, 0.2) is 5.13 Å². The summed E-state index contributed by atoms with van der Waals surface area (Å²) >= 11 is 1.65. The van der Waals surface area contributed by atoms with Crippen LogP contribution in [-0.2, 0) is 4.74 Å². The molecular formula is C16H21N3O2S. The number of thiazole rings is 1. The third-order valence-electron chi connectivity index (χ3n) is 3.46. The average molecular weight is 319 g/mol. The van der Waals surface area contributed by atoms with Gasteiger partial charge in [0.25, 0.3) is 0 Å². The fourth-order valence-corrected chi connectivity index (χ4v) is 3.42. The minimum atomic E-state index is -0.449. The predicted octanol–water partition coefficient (Wildman–Crippen LogP) is 3.72. The summed E-state index contributed by atoms with van der Waals surface area (Å²) in [6.45, 7) is 7.04. The lowest BCUT2D eigenvalue weighted by Crippen LogP contribution is -2.36. The lowest BCUT2D eigenvalue weighted by molar-refractivity contribution is 0.0293. The summed E-state index contributed by atoms with van der Waals surface area (Å²) < 4.78 is 6.59. The molecule has 0 saturated carbocycles. The van der Waals surface area contributed by atoms with Crippen molar-refractivity contribution in [2.24, 2.45) is 0 Å². The maximum absolute atomic E-state index is 12.1. The number of hydrogen-bond acceptors (Lipinski definition) is 5. The Hall–Kier alpha value is -1.82. The van der Waals surface area contributed by atoms with E-state index in [4.69, 9.17) is 4.74 Å². The number of anilines is 1. The molecule has 5 nitrogen and oxygen atoms in total. The van der Waals surface area contributed by atoms with Crippen LogP contribution in [0.3, 0.4) is 0 Å². The van der Waals surface area contributed by atoms with Crippen LogP contribution >= 0.6 is 11.3 Å². The van der Waals surface area contributed by atoms with Gasteiger partial charge in [-0.2, -0.15) is 0 Å². The SMILES string of the molecule is CC(C)(C)OC(=O)N1CC[C@H](Nc2nc3ccccc3s2)C1. The van der Waals surface area contributed by atoms with E-state index in [1.807, 2.05) is 39.0 Å². The van der Waals surface area contributed by atoms with Gasteiger partial charge in [-0.3, -0.25) is 0 Å². The number of amides is 1. The number of rotatable bonds is 2. The average Bonchev–Trinajstić information content (AvgIpc) is 3.02. The molecule has 0 unspecified atom stereocenters. The second kappa shape index (κ2) is 5.76. The van der Waals surface area contributed by atoms with Crippen molar-refractivity contribution in [3.8, 4) is 0 Å². The highest BCUT2D eigenvalue weighted by molar-refractivity contribution is 7.22. The van der Waals surface area contributed by atoms with Gasteiger partial charge in [-0.15, -0.1) is 0 Å². The normalized spacial score (nSPS) is 18.7. The van der Waals surface area contributed by atoms with Crippen molar-refractivity contribution < 1.29 is 9.53 Å². The van der Waals surface area contributed by atoms with E-state index in [1.165, 1.54) is 4.70 Å². The van der Waals surface area contributed by atoms with Gasteiger partial charge in [0.05, 0.1) is 10.2 Å². The van der Waals surface area contributed by atoms with E-state index in [0.717, 1.165) is 23.6 Å². The van der Waals surface area contributed by atoms with Crippen molar-refractivity contribution in [3.63, 3.8) is 0 Å². The molecule has 22 heavy (non-hydrogen) atoms. The number of benzene rings is 1. The summed E-state index contributed by atoms with van der Waals surface area (Å²) in [5, 5.41) is 4.35. The number of hydrogen-bond donors (Lipinski definition) is 1. The fourth-order valence-electron chi connectivity index (χ4n) is 2.48. The van der Waals surface area contributed by atoms with Gasteiger partial charge in [-0.05, 0) is 39.3 Å². The third-order valence-corrected chi connectivity index (χ3v) is 4.43. The van der Waals surface area contributed by atoms with E-state index in [9.17, 15) is 4.79 Å². The van der Waals surface area contributed by atoms with Crippen LogP contribution in [0.1, 0.15) is 27.2 Å². The summed E-state index contributed by atoms with van der Waals surface area (Å²) in [5.74, 6) is 0. The molecule has 1 N–H and O–H groups in total. The summed E-state index contributed by atoms with van der Waals surface area (Å²) in [6.07, 6.45) is 0.677. The Morgan fingerprint density at radius 2 is 2.18 bits per heavy atom. The second-order valence-electron chi connectivity index (χ2n) is 6.54. The Labute approximate surface area is 134 Å². The van der Waals surface area contributed by atoms with Crippen molar-refractivity contribution in [2.45, 2.75) is 38.8 Å². The molecule has 1 aliphatic heterocycles. The molecule has 1 amide bonds. The van der Waals surface area contributed by atoms with Crippen molar-refractivity contribution in [3.05, 3.63) is 24.3 Å². The van der Waals surface area contributed by atoms with Crippen LogP contribution in [0.2, 0.25) is 0 Å². The first-order chi connectivity index (χ1) is 10.4. The molecule has 118 valence electrons. The molecule has 1 aliphatic rings. The number of nitrogens with zero attached hydrogens (tertiary/aromatic N) is 2. The highest BCUT2D eigenvalue weighted by Gasteiger charge is 2.30. The zero-order valence-corrected chi connectivity index (χ0v) is 13.9. The fraction of sp³-hybridized carbons (Fsp3) is 0.500. The zero-order chi connectivity index (χ0) is 15.7. The molecule has 1 aromatic carbocycles. The number of fused-ring (bicyclic) bond motifs is 1. The number of carbonyl (C=O) groups excluding carboxylic acids is 1. The number of likely N-dealkylation sites (tertiary alicyclic amines) is 1. The second-order valence-corrected chi connectivity index (χ2v) is 7.57. The summed E-state index contributed by atoms with van der Waals surface area (Å²) in [6, 6.07) is 8.32. The van der Waals surface area contributed by atoms with E-state index in [1.54, 1.807) is 16.2 Å². The smallest absolute Gasteiger partial charge is 0.410 e. The van der Waals surface area contributed by atoms with E-state index in [-0.39, 0.29) is 12.1 Å². The van der Waals surface area contributed by atoms with Crippen LogP contribution in [-0.4, -0.2) is 40.7 Å². The molecule has 0 spiro atoms. The first-order valence-corrected chi connectivity index (χ1v) is 8.32. The number of carbonyl (C=O) groups is 1. The number of nitrogens with one attached hydrogen (secondary N) is 1. The number of aromatic nitrogens is 1. The van der Waals surface area contributed by atoms with Crippen LogP contribution in [0, 0.1) is 0 Å². The third kappa shape index (κ3) is 3.50. The topological polar surface area (TPSA) is 54.5 Å². The van der Waals surface area contributed by atoms with Crippen molar-refractivity contribution in [1.82, 2.24) is 9.88 Å². The molecule has 1 fully saturated rings. The van der Waals surface area contributed by atoms with Crippen molar-refractivity contribution in [2.75, 3.05) is 18.4 Å². The van der Waals surface area contributed by atoms with E-state index < -0.39 is 5.60 Å². The molecule has 2 heterocycles. The van der Waals surface area contributed by atoms with Crippen LogP contribution in [0.5, 0.6) is 0 Å². The first kappa shape index (κ1) is 15.1. The van der Waals surface area contributed by atoms with Crippen molar-refractivity contribution >= 4 is 32.8 Å². The Bertz CT molecular complexity index is 644. The Kier molecular flexibility index (Phi) is 3.95. The monoisotopic (exact) mass is 319 g/mol. The first-order valence-electron chi connectivity index (χ1n) is 7.51. The Morgan fingerprint density at radius 3 is 2.91 bits per heavy atom. The van der Waals surface area contributed by atoms with Crippen LogP contribution < -0.4 is 5.32 Å². The molecule has 0 radical (unpaired) electrons.